The molecule has 1 aromatic carbocycles. The summed E-state index contributed by atoms with van der Waals surface area (Å²) < 4.78 is 5.58. The van der Waals surface area contributed by atoms with E-state index in [0.717, 1.165) is 35.9 Å². The third kappa shape index (κ3) is 4.10. The molecule has 2 saturated heterocycles. The van der Waals surface area contributed by atoms with E-state index < -0.39 is 0 Å². The van der Waals surface area contributed by atoms with Crippen LogP contribution in [0.3, 0.4) is 0 Å². The Hall–Kier alpha value is -1.85. The number of furan rings is 1. The summed E-state index contributed by atoms with van der Waals surface area (Å²) >= 11 is 5.55. The van der Waals surface area contributed by atoms with Gasteiger partial charge in [-0.15, -0.1) is 0 Å². The Morgan fingerprint density at radius 3 is 2.54 bits per heavy atom. The van der Waals surface area contributed by atoms with Crippen LogP contribution in [-0.2, 0) is 6.54 Å². The molecule has 2 aliphatic heterocycles. The van der Waals surface area contributed by atoms with Gasteiger partial charge in [0.05, 0.1) is 12.8 Å². The number of rotatable bonds is 4. The van der Waals surface area contributed by atoms with Gasteiger partial charge in [0.1, 0.15) is 5.76 Å². The lowest BCUT2D eigenvalue weighted by atomic mass is 9.81. The van der Waals surface area contributed by atoms with Crippen LogP contribution < -0.4 is 10.6 Å². The monoisotopic (exact) mass is 369 g/mol. The van der Waals surface area contributed by atoms with Gasteiger partial charge in [-0.05, 0) is 69.1 Å². The van der Waals surface area contributed by atoms with Crippen molar-refractivity contribution in [3.05, 3.63) is 54.0 Å². The quantitative estimate of drug-likeness (QED) is 0.779. The number of hydrogen-bond donors (Lipinski definition) is 2. The van der Waals surface area contributed by atoms with Gasteiger partial charge in [0.2, 0.25) is 0 Å². The van der Waals surface area contributed by atoms with E-state index in [1.807, 2.05) is 6.07 Å². The second kappa shape index (κ2) is 7.80. The molecule has 2 N–H and O–H groups in total. The molecule has 4 rings (SSSR count). The number of benzene rings is 1. The summed E-state index contributed by atoms with van der Waals surface area (Å²) in [5.41, 5.74) is 2.30. The Kier molecular flexibility index (Phi) is 5.27. The molecule has 3 heterocycles. The molecule has 0 unspecified atom stereocenters. The summed E-state index contributed by atoms with van der Waals surface area (Å²) in [5.74, 6) is 1.07. The maximum atomic E-state index is 5.58. The van der Waals surface area contributed by atoms with Crippen molar-refractivity contribution in [2.24, 2.45) is 0 Å². The van der Waals surface area contributed by atoms with Gasteiger partial charge in [-0.3, -0.25) is 4.90 Å². The van der Waals surface area contributed by atoms with Gasteiger partial charge in [-0.25, -0.2) is 0 Å². The van der Waals surface area contributed by atoms with Crippen molar-refractivity contribution in [3.63, 3.8) is 0 Å². The topological polar surface area (TPSA) is 40.4 Å². The highest BCUT2D eigenvalue weighted by Crippen LogP contribution is 2.35. The third-order valence-corrected chi connectivity index (χ3v) is 5.91. The number of nitrogens with zero attached hydrogens (tertiary/aromatic N) is 1. The van der Waals surface area contributed by atoms with Crippen LogP contribution in [0.4, 0.5) is 5.69 Å². The molecule has 26 heavy (non-hydrogen) atoms. The highest BCUT2D eigenvalue weighted by atomic mass is 32.1. The van der Waals surface area contributed by atoms with Gasteiger partial charge in [-0.1, -0.05) is 24.1 Å². The van der Waals surface area contributed by atoms with Gasteiger partial charge in [0.15, 0.2) is 5.11 Å². The Morgan fingerprint density at radius 2 is 1.88 bits per heavy atom. The lowest BCUT2D eigenvalue weighted by Gasteiger charge is -2.48. The minimum Gasteiger partial charge on any atom is -0.468 e. The average Bonchev–Trinajstić information content (AvgIpc) is 3.11. The molecule has 138 valence electrons. The van der Waals surface area contributed by atoms with Gasteiger partial charge in [0, 0.05) is 23.8 Å². The molecular weight excluding hydrogens is 342 g/mol. The highest BCUT2D eigenvalue weighted by molar-refractivity contribution is 7.80. The Morgan fingerprint density at radius 1 is 1.15 bits per heavy atom. The van der Waals surface area contributed by atoms with Gasteiger partial charge < -0.3 is 15.1 Å². The maximum Gasteiger partial charge on any atom is 0.170 e. The van der Waals surface area contributed by atoms with Crippen LogP contribution in [0.2, 0.25) is 0 Å². The minimum atomic E-state index is 0.448. The Balaban J connectivity index is 1.34. The number of fused-ring (bicyclic) bond motifs is 2. The zero-order chi connectivity index (χ0) is 17.9. The van der Waals surface area contributed by atoms with Crippen LogP contribution in [0.15, 0.2) is 47.1 Å². The molecule has 2 fully saturated rings. The molecule has 2 bridgehead atoms. The van der Waals surface area contributed by atoms with Crippen molar-refractivity contribution in [1.82, 2.24) is 10.2 Å². The normalized spacial score (nSPS) is 25.7. The first-order chi connectivity index (χ1) is 12.7. The predicted octanol–water partition coefficient (Wildman–Crippen LogP) is 4.46. The fourth-order valence-corrected chi connectivity index (χ4v) is 4.71. The minimum absolute atomic E-state index is 0.448. The van der Waals surface area contributed by atoms with E-state index in [1.165, 1.54) is 24.8 Å². The van der Waals surface area contributed by atoms with Crippen LogP contribution in [0.1, 0.15) is 43.4 Å². The number of hydrogen-bond acceptors (Lipinski definition) is 3. The van der Waals surface area contributed by atoms with E-state index in [2.05, 4.69) is 52.8 Å². The number of nitrogens with one attached hydrogen (secondary N) is 2. The van der Waals surface area contributed by atoms with Crippen molar-refractivity contribution < 1.29 is 4.42 Å². The first kappa shape index (κ1) is 17.6. The largest absolute Gasteiger partial charge is 0.468 e. The molecule has 0 aliphatic carbocycles. The second-order valence-corrected chi connectivity index (χ2v) is 8.03. The molecule has 1 aromatic heterocycles. The summed E-state index contributed by atoms with van der Waals surface area (Å²) in [5, 5.41) is 7.61. The molecule has 2 aromatic rings. The van der Waals surface area contributed by atoms with Crippen molar-refractivity contribution in [1.29, 1.82) is 0 Å². The van der Waals surface area contributed by atoms with E-state index in [4.69, 9.17) is 16.6 Å². The van der Waals surface area contributed by atoms with Crippen LogP contribution in [0.5, 0.6) is 0 Å². The highest BCUT2D eigenvalue weighted by Gasteiger charge is 2.38. The van der Waals surface area contributed by atoms with Gasteiger partial charge in [-0.2, -0.15) is 0 Å². The zero-order valence-corrected chi connectivity index (χ0v) is 16.1. The van der Waals surface area contributed by atoms with Crippen LogP contribution >= 0.6 is 12.2 Å². The maximum absolute atomic E-state index is 5.58. The predicted molar refractivity (Wildman–Crippen MR) is 109 cm³/mol. The second-order valence-electron chi connectivity index (χ2n) is 7.62. The Bertz CT molecular complexity index is 714. The molecular formula is C21H27N3OS. The van der Waals surface area contributed by atoms with Gasteiger partial charge >= 0.3 is 0 Å². The molecule has 0 amide bonds. The van der Waals surface area contributed by atoms with E-state index in [-0.39, 0.29) is 0 Å². The number of thiocarbonyl (C=S) groups is 1. The lowest BCUT2D eigenvalue weighted by Crippen LogP contribution is -2.56. The lowest BCUT2D eigenvalue weighted by molar-refractivity contribution is 0.0161. The molecule has 0 radical (unpaired) electrons. The van der Waals surface area contributed by atoms with Crippen LogP contribution in [-0.4, -0.2) is 28.1 Å². The number of aryl methyl sites for hydroxylation is 1. The summed E-state index contributed by atoms with van der Waals surface area (Å²) in [6.45, 7) is 3.02. The summed E-state index contributed by atoms with van der Waals surface area (Å²) in [6, 6.07) is 14.1. The molecule has 0 saturated carbocycles. The third-order valence-electron chi connectivity index (χ3n) is 5.69. The van der Waals surface area contributed by atoms with Crippen LogP contribution in [0.25, 0.3) is 0 Å². The summed E-state index contributed by atoms with van der Waals surface area (Å²) in [7, 11) is 0. The first-order valence-corrected chi connectivity index (χ1v) is 10.0. The average molecular weight is 370 g/mol. The standard InChI is InChI=1S/C21H27N3OS/c1-15-7-9-16(10-8-15)22-21(26)23-17-12-18-4-2-5-19(13-17)24(18)14-20-6-3-11-25-20/h3,6-11,17-19H,2,4-5,12-14H2,1H3,(H2,22,23,26)/t18-,19-/m1/s1. The van der Waals surface area contributed by atoms with Crippen molar-refractivity contribution in [2.45, 2.75) is 63.7 Å². The fourth-order valence-electron chi connectivity index (χ4n) is 4.43. The first-order valence-electron chi connectivity index (χ1n) is 9.60. The fraction of sp³-hybridized carbons (Fsp3) is 0.476. The van der Waals surface area contributed by atoms with Gasteiger partial charge in [0.25, 0.3) is 0 Å². The molecule has 2 aliphatic rings. The molecule has 0 spiro atoms. The van der Waals surface area contributed by atoms with Crippen LogP contribution in [0, 0.1) is 6.92 Å². The van der Waals surface area contributed by atoms with E-state index in [1.54, 1.807) is 6.26 Å². The molecule has 2 atom stereocenters. The van der Waals surface area contributed by atoms with E-state index >= 15 is 0 Å². The van der Waals surface area contributed by atoms with Crippen molar-refractivity contribution in [3.8, 4) is 0 Å². The smallest absolute Gasteiger partial charge is 0.170 e. The number of piperidine rings is 2. The van der Waals surface area contributed by atoms with E-state index in [0.29, 0.717) is 18.1 Å². The van der Waals surface area contributed by atoms with Crippen molar-refractivity contribution >= 4 is 23.0 Å². The van der Waals surface area contributed by atoms with E-state index in [9.17, 15) is 0 Å². The zero-order valence-electron chi connectivity index (χ0n) is 15.3. The summed E-state index contributed by atoms with van der Waals surface area (Å²) in [4.78, 5) is 2.65. The molecule has 5 heteroatoms. The number of anilines is 1. The summed E-state index contributed by atoms with van der Waals surface area (Å²) in [6.07, 6.45) is 7.94. The SMILES string of the molecule is Cc1ccc(NC(=S)NC2C[C@H]3CCC[C@H](C2)N3Cc2ccco2)cc1. The molecule has 4 nitrogen and oxygen atoms in total. The Labute approximate surface area is 161 Å². The van der Waals surface area contributed by atoms with Crippen molar-refractivity contribution in [2.75, 3.05) is 5.32 Å².